The van der Waals surface area contributed by atoms with Crippen molar-refractivity contribution in [1.82, 2.24) is 4.98 Å². The van der Waals surface area contributed by atoms with E-state index in [1.54, 1.807) is 19.9 Å². The lowest BCUT2D eigenvalue weighted by molar-refractivity contribution is -0.384. The third-order valence-corrected chi connectivity index (χ3v) is 2.73. The van der Waals surface area contributed by atoms with Gasteiger partial charge < -0.3 is 5.73 Å². The van der Waals surface area contributed by atoms with Gasteiger partial charge in [0.15, 0.2) is 0 Å². The highest BCUT2D eigenvalue weighted by molar-refractivity contribution is 5.68. The Morgan fingerprint density at radius 3 is 2.53 bits per heavy atom. The highest BCUT2D eigenvalue weighted by Crippen LogP contribution is 2.29. The molecule has 1 heterocycles. The number of nitrogens with two attached hydrogens (primary N) is 1. The Kier molecular flexibility index (Phi) is 3.16. The molecule has 2 N–H and O–H groups in total. The number of aryl methyl sites for hydroxylation is 2. The summed E-state index contributed by atoms with van der Waals surface area (Å²) in [7, 11) is 0. The molecule has 0 fully saturated rings. The molecule has 0 aliphatic rings. The fourth-order valence-electron chi connectivity index (χ4n) is 2.01. The maximum absolute atomic E-state index is 14.0. The van der Waals surface area contributed by atoms with Crippen LogP contribution in [0, 0.1) is 29.8 Å². The van der Waals surface area contributed by atoms with Crippen LogP contribution in [0.3, 0.4) is 0 Å². The molecule has 98 valence electrons. The molecule has 2 aromatic rings. The Hall–Kier alpha value is -2.50. The van der Waals surface area contributed by atoms with Crippen LogP contribution in [0.15, 0.2) is 24.3 Å². The summed E-state index contributed by atoms with van der Waals surface area (Å²) in [5.74, 6) is -0.478. The van der Waals surface area contributed by atoms with Gasteiger partial charge in [0.05, 0.1) is 16.7 Å². The van der Waals surface area contributed by atoms with E-state index in [-0.39, 0.29) is 22.8 Å². The molecule has 0 radical (unpaired) electrons. The van der Waals surface area contributed by atoms with Gasteiger partial charge >= 0.3 is 0 Å². The average molecular weight is 261 g/mol. The molecule has 1 aromatic carbocycles. The van der Waals surface area contributed by atoms with E-state index in [4.69, 9.17) is 5.73 Å². The van der Waals surface area contributed by atoms with E-state index < -0.39 is 10.7 Å². The second-order valence-corrected chi connectivity index (χ2v) is 4.33. The van der Waals surface area contributed by atoms with Crippen molar-refractivity contribution < 1.29 is 9.31 Å². The zero-order chi connectivity index (χ0) is 14.2. The quantitative estimate of drug-likeness (QED) is 0.665. The van der Waals surface area contributed by atoms with Gasteiger partial charge in [0, 0.05) is 11.6 Å². The van der Waals surface area contributed by atoms with Crippen LogP contribution >= 0.6 is 0 Å². The van der Waals surface area contributed by atoms with Crippen molar-refractivity contribution in [3.8, 4) is 11.3 Å². The zero-order valence-corrected chi connectivity index (χ0v) is 10.5. The number of hydrogen-bond acceptors (Lipinski definition) is 4. The summed E-state index contributed by atoms with van der Waals surface area (Å²) in [6.45, 7) is 3.50. The van der Waals surface area contributed by atoms with E-state index in [2.05, 4.69) is 4.98 Å². The summed E-state index contributed by atoms with van der Waals surface area (Å²) in [5, 5.41) is 10.8. The number of nitro groups is 1. The molecule has 5 nitrogen and oxygen atoms in total. The van der Waals surface area contributed by atoms with E-state index in [1.165, 1.54) is 12.1 Å². The summed E-state index contributed by atoms with van der Waals surface area (Å²) in [6, 6.07) is 5.51. The molecule has 0 saturated carbocycles. The lowest BCUT2D eigenvalue weighted by atomic mass is 10.0. The van der Waals surface area contributed by atoms with E-state index in [9.17, 15) is 14.5 Å². The minimum absolute atomic E-state index is 0.0106. The van der Waals surface area contributed by atoms with Crippen LogP contribution in [0.1, 0.15) is 11.1 Å². The molecule has 0 spiro atoms. The smallest absolute Gasteiger partial charge is 0.275 e. The Bertz CT molecular complexity index is 648. The maximum Gasteiger partial charge on any atom is 0.275 e. The third-order valence-electron chi connectivity index (χ3n) is 2.73. The molecule has 0 aliphatic heterocycles. The van der Waals surface area contributed by atoms with Crippen LogP contribution in [-0.2, 0) is 0 Å². The number of rotatable bonds is 2. The molecule has 0 bridgehead atoms. The van der Waals surface area contributed by atoms with Gasteiger partial charge in [-0.05, 0) is 31.0 Å². The number of hydrogen-bond donors (Lipinski definition) is 1. The van der Waals surface area contributed by atoms with Crippen molar-refractivity contribution in [1.29, 1.82) is 0 Å². The van der Waals surface area contributed by atoms with Crippen molar-refractivity contribution in [2.24, 2.45) is 0 Å². The van der Waals surface area contributed by atoms with E-state index in [0.717, 1.165) is 11.6 Å². The van der Waals surface area contributed by atoms with Crippen molar-refractivity contribution in [3.63, 3.8) is 0 Å². The first-order chi connectivity index (χ1) is 8.88. The van der Waals surface area contributed by atoms with E-state index in [0.29, 0.717) is 5.56 Å². The first-order valence-electron chi connectivity index (χ1n) is 5.57. The summed E-state index contributed by atoms with van der Waals surface area (Å²) in [4.78, 5) is 14.2. The third kappa shape index (κ3) is 2.52. The minimum atomic E-state index is -0.580. The van der Waals surface area contributed by atoms with Gasteiger partial charge in [-0.3, -0.25) is 10.1 Å². The highest BCUT2D eigenvalue weighted by atomic mass is 19.1. The SMILES string of the molecule is Cc1cc(C)c(-c2cc([N+](=O)[O-])cc(N)n2)c(F)c1. The molecule has 0 amide bonds. The van der Waals surface area contributed by atoms with Crippen molar-refractivity contribution in [2.45, 2.75) is 13.8 Å². The van der Waals surface area contributed by atoms with Crippen molar-refractivity contribution in [2.75, 3.05) is 5.73 Å². The lowest BCUT2D eigenvalue weighted by Crippen LogP contribution is -1.99. The lowest BCUT2D eigenvalue weighted by Gasteiger charge is -2.09. The van der Waals surface area contributed by atoms with Gasteiger partial charge in [0.25, 0.3) is 5.69 Å². The van der Waals surface area contributed by atoms with Crippen LogP contribution in [0.5, 0.6) is 0 Å². The predicted molar refractivity (Wildman–Crippen MR) is 70.2 cm³/mol. The van der Waals surface area contributed by atoms with Gasteiger partial charge in [0.1, 0.15) is 11.6 Å². The number of nitrogen functional groups attached to an aromatic ring is 1. The molecule has 0 unspecified atom stereocenters. The van der Waals surface area contributed by atoms with Crippen LogP contribution in [0.2, 0.25) is 0 Å². The fourth-order valence-corrected chi connectivity index (χ4v) is 2.01. The van der Waals surface area contributed by atoms with Gasteiger partial charge in [-0.15, -0.1) is 0 Å². The van der Waals surface area contributed by atoms with Crippen molar-refractivity contribution >= 4 is 11.5 Å². The Morgan fingerprint density at radius 1 is 1.26 bits per heavy atom. The molecule has 0 saturated heterocycles. The summed E-state index contributed by atoms with van der Waals surface area (Å²) < 4.78 is 14.0. The first kappa shape index (κ1) is 12.9. The average Bonchev–Trinajstić information content (AvgIpc) is 2.26. The van der Waals surface area contributed by atoms with Gasteiger partial charge in [-0.2, -0.15) is 0 Å². The Labute approximate surface area is 109 Å². The Morgan fingerprint density at radius 2 is 1.95 bits per heavy atom. The molecular formula is C13H12FN3O2. The monoisotopic (exact) mass is 261 g/mol. The van der Waals surface area contributed by atoms with E-state index in [1.807, 2.05) is 0 Å². The first-order valence-corrected chi connectivity index (χ1v) is 5.57. The van der Waals surface area contributed by atoms with Crippen LogP contribution in [0.4, 0.5) is 15.9 Å². The largest absolute Gasteiger partial charge is 0.383 e. The fraction of sp³-hybridized carbons (Fsp3) is 0.154. The number of pyridine rings is 1. The summed E-state index contributed by atoms with van der Waals surface area (Å²) in [6.07, 6.45) is 0. The Balaban J connectivity index is 2.69. The molecule has 0 aliphatic carbocycles. The predicted octanol–water partition coefficient (Wildman–Crippen LogP) is 2.99. The number of benzene rings is 1. The molecule has 0 atom stereocenters. The second kappa shape index (κ2) is 4.64. The zero-order valence-electron chi connectivity index (χ0n) is 10.5. The molecule has 6 heteroatoms. The number of halogens is 1. The highest BCUT2D eigenvalue weighted by Gasteiger charge is 2.16. The summed E-state index contributed by atoms with van der Waals surface area (Å²) >= 11 is 0. The standard InChI is InChI=1S/C13H12FN3O2/c1-7-3-8(2)13(10(14)4-7)11-5-9(17(18)19)6-12(15)16-11/h3-6H,1-2H3,(H2,15,16). The van der Waals surface area contributed by atoms with Crippen molar-refractivity contribution in [3.05, 3.63) is 51.3 Å². The number of nitrogens with zero attached hydrogens (tertiary/aromatic N) is 2. The minimum Gasteiger partial charge on any atom is -0.383 e. The number of aromatic nitrogens is 1. The van der Waals surface area contributed by atoms with E-state index >= 15 is 0 Å². The van der Waals surface area contributed by atoms with Crippen LogP contribution in [-0.4, -0.2) is 9.91 Å². The topological polar surface area (TPSA) is 82.0 Å². The number of anilines is 1. The molecule has 2 rings (SSSR count). The maximum atomic E-state index is 14.0. The molecular weight excluding hydrogens is 249 g/mol. The van der Waals surface area contributed by atoms with Gasteiger partial charge in [-0.25, -0.2) is 9.37 Å². The summed E-state index contributed by atoms with van der Waals surface area (Å²) in [5.41, 5.74) is 7.16. The normalized spacial score (nSPS) is 10.5. The molecule has 19 heavy (non-hydrogen) atoms. The van der Waals surface area contributed by atoms with Crippen LogP contribution in [0.25, 0.3) is 11.3 Å². The molecule has 1 aromatic heterocycles. The van der Waals surface area contributed by atoms with Crippen LogP contribution < -0.4 is 5.73 Å². The van der Waals surface area contributed by atoms with Gasteiger partial charge in [-0.1, -0.05) is 6.07 Å². The second-order valence-electron chi connectivity index (χ2n) is 4.33. The van der Waals surface area contributed by atoms with Gasteiger partial charge in [0.2, 0.25) is 0 Å².